The maximum absolute atomic E-state index is 5.95. The predicted molar refractivity (Wildman–Crippen MR) is 55.1 cm³/mol. The van der Waals surface area contributed by atoms with Crippen LogP contribution in [0.4, 0.5) is 0 Å². The van der Waals surface area contributed by atoms with Gasteiger partial charge in [0.25, 0.3) is 0 Å². The Morgan fingerprint density at radius 1 is 1.21 bits per heavy atom. The summed E-state index contributed by atoms with van der Waals surface area (Å²) in [7, 11) is 0. The van der Waals surface area contributed by atoms with Crippen LogP contribution in [-0.4, -0.2) is 32.0 Å². The van der Waals surface area contributed by atoms with Crippen molar-refractivity contribution in [2.75, 3.05) is 26.4 Å². The third kappa shape index (κ3) is 1.69. The Balaban J connectivity index is 2.04. The maximum Gasteiger partial charge on any atom is 0.0725 e. The van der Waals surface area contributed by atoms with E-state index < -0.39 is 0 Å². The molecule has 2 N–H and O–H groups in total. The molecule has 2 fully saturated rings. The van der Waals surface area contributed by atoms with Crippen LogP contribution in [0.2, 0.25) is 0 Å². The Kier molecular flexibility index (Phi) is 3.10. The van der Waals surface area contributed by atoms with Crippen molar-refractivity contribution in [2.45, 2.75) is 31.8 Å². The Hall–Kier alpha value is -0.120. The summed E-state index contributed by atoms with van der Waals surface area (Å²) >= 11 is 0. The Bertz CT molecular complexity index is 192. The van der Waals surface area contributed by atoms with Crippen molar-refractivity contribution in [3.8, 4) is 0 Å². The van der Waals surface area contributed by atoms with Gasteiger partial charge in [0.05, 0.1) is 5.60 Å². The van der Waals surface area contributed by atoms with Crippen molar-refractivity contribution in [2.24, 2.45) is 17.6 Å². The zero-order valence-corrected chi connectivity index (χ0v) is 9.00. The van der Waals surface area contributed by atoms with Crippen LogP contribution in [0.15, 0.2) is 0 Å². The molecule has 0 bridgehead atoms. The van der Waals surface area contributed by atoms with Gasteiger partial charge < -0.3 is 15.2 Å². The summed E-state index contributed by atoms with van der Waals surface area (Å²) in [6.07, 6.45) is 3.39. The highest BCUT2D eigenvalue weighted by Crippen LogP contribution is 2.41. The summed E-state index contributed by atoms with van der Waals surface area (Å²) in [5.41, 5.74) is 5.83. The quantitative estimate of drug-likeness (QED) is 0.726. The third-order valence-corrected chi connectivity index (χ3v) is 4.01. The molecule has 0 amide bonds. The standard InChI is InChI=1S/C11H21NO2/c1-11(9-2-5-13-6-3-9)10(8-12)4-7-14-11/h9-10H,2-8,12H2,1H3. The highest BCUT2D eigenvalue weighted by atomic mass is 16.5. The minimum absolute atomic E-state index is 0.0263. The number of rotatable bonds is 2. The molecule has 2 atom stereocenters. The normalized spacial score (nSPS) is 40.3. The van der Waals surface area contributed by atoms with Crippen LogP contribution >= 0.6 is 0 Å². The Morgan fingerprint density at radius 2 is 1.93 bits per heavy atom. The molecule has 2 heterocycles. The molecule has 82 valence electrons. The van der Waals surface area contributed by atoms with Crippen molar-refractivity contribution in [3.05, 3.63) is 0 Å². The van der Waals surface area contributed by atoms with Crippen molar-refractivity contribution in [3.63, 3.8) is 0 Å². The van der Waals surface area contributed by atoms with E-state index in [0.29, 0.717) is 11.8 Å². The van der Waals surface area contributed by atoms with Gasteiger partial charge in [0.15, 0.2) is 0 Å². The molecule has 2 saturated heterocycles. The fraction of sp³-hybridized carbons (Fsp3) is 1.00. The van der Waals surface area contributed by atoms with Gasteiger partial charge in [0, 0.05) is 25.7 Å². The first-order valence-electron chi connectivity index (χ1n) is 5.69. The highest BCUT2D eigenvalue weighted by Gasteiger charge is 2.45. The van der Waals surface area contributed by atoms with Gasteiger partial charge in [-0.15, -0.1) is 0 Å². The van der Waals surface area contributed by atoms with Crippen molar-refractivity contribution in [1.82, 2.24) is 0 Å². The smallest absolute Gasteiger partial charge is 0.0725 e. The summed E-state index contributed by atoms with van der Waals surface area (Å²) in [5.74, 6) is 1.19. The van der Waals surface area contributed by atoms with Crippen LogP contribution in [0.3, 0.4) is 0 Å². The average Bonchev–Trinajstić information content (AvgIpc) is 2.62. The van der Waals surface area contributed by atoms with E-state index >= 15 is 0 Å². The van der Waals surface area contributed by atoms with Gasteiger partial charge >= 0.3 is 0 Å². The molecule has 0 aromatic heterocycles. The van der Waals surface area contributed by atoms with Crippen LogP contribution in [0.25, 0.3) is 0 Å². The topological polar surface area (TPSA) is 44.5 Å². The molecule has 0 aromatic carbocycles. The SMILES string of the molecule is CC1(C2CCOCC2)OCCC1CN. The second-order valence-corrected chi connectivity index (χ2v) is 4.64. The van der Waals surface area contributed by atoms with Gasteiger partial charge in [-0.1, -0.05) is 0 Å². The predicted octanol–water partition coefficient (Wildman–Crippen LogP) is 1.17. The molecule has 0 saturated carbocycles. The lowest BCUT2D eigenvalue weighted by molar-refractivity contribution is -0.0870. The summed E-state index contributed by atoms with van der Waals surface area (Å²) < 4.78 is 11.3. The first-order valence-corrected chi connectivity index (χ1v) is 5.69. The highest BCUT2D eigenvalue weighted by molar-refractivity contribution is 4.95. The van der Waals surface area contributed by atoms with E-state index in [0.717, 1.165) is 45.6 Å². The van der Waals surface area contributed by atoms with Crippen molar-refractivity contribution >= 4 is 0 Å². The Morgan fingerprint density at radius 3 is 2.57 bits per heavy atom. The lowest BCUT2D eigenvalue weighted by Gasteiger charge is -2.39. The molecule has 0 radical (unpaired) electrons. The summed E-state index contributed by atoms with van der Waals surface area (Å²) in [6.45, 7) is 5.67. The van der Waals surface area contributed by atoms with E-state index in [-0.39, 0.29) is 5.60 Å². The Labute approximate surface area is 85.9 Å². The summed E-state index contributed by atoms with van der Waals surface area (Å²) in [6, 6.07) is 0. The lowest BCUT2D eigenvalue weighted by atomic mass is 9.75. The number of hydrogen-bond acceptors (Lipinski definition) is 3. The van der Waals surface area contributed by atoms with Gasteiger partial charge in [-0.25, -0.2) is 0 Å². The number of nitrogens with two attached hydrogens (primary N) is 1. The second-order valence-electron chi connectivity index (χ2n) is 4.64. The van der Waals surface area contributed by atoms with Gasteiger partial charge in [-0.2, -0.15) is 0 Å². The average molecular weight is 199 g/mol. The molecule has 0 aliphatic carbocycles. The van der Waals surface area contributed by atoms with Gasteiger partial charge in [-0.05, 0) is 38.6 Å². The molecule has 2 rings (SSSR count). The molecular weight excluding hydrogens is 178 g/mol. The van der Waals surface area contributed by atoms with Crippen LogP contribution in [0.1, 0.15) is 26.2 Å². The zero-order valence-electron chi connectivity index (χ0n) is 9.00. The second kappa shape index (κ2) is 4.17. The maximum atomic E-state index is 5.95. The van der Waals surface area contributed by atoms with E-state index in [1.54, 1.807) is 0 Å². The van der Waals surface area contributed by atoms with E-state index in [1.165, 1.54) is 0 Å². The summed E-state index contributed by atoms with van der Waals surface area (Å²) in [5, 5.41) is 0. The van der Waals surface area contributed by atoms with Gasteiger partial charge in [-0.3, -0.25) is 0 Å². The first kappa shape index (κ1) is 10.4. The molecule has 0 spiro atoms. The lowest BCUT2D eigenvalue weighted by Crippen LogP contribution is -2.45. The van der Waals surface area contributed by atoms with E-state index in [1.807, 2.05) is 0 Å². The fourth-order valence-corrected chi connectivity index (χ4v) is 2.90. The van der Waals surface area contributed by atoms with Crippen molar-refractivity contribution < 1.29 is 9.47 Å². The van der Waals surface area contributed by atoms with Crippen LogP contribution in [-0.2, 0) is 9.47 Å². The minimum atomic E-state index is 0.0263. The van der Waals surface area contributed by atoms with Crippen LogP contribution < -0.4 is 5.73 Å². The fourth-order valence-electron chi connectivity index (χ4n) is 2.90. The van der Waals surface area contributed by atoms with E-state index in [4.69, 9.17) is 15.2 Å². The zero-order chi connectivity index (χ0) is 10.0. The molecular formula is C11H21NO2. The van der Waals surface area contributed by atoms with Gasteiger partial charge in [0.1, 0.15) is 0 Å². The molecule has 2 unspecified atom stereocenters. The molecule has 3 heteroatoms. The molecule has 3 nitrogen and oxygen atoms in total. The van der Waals surface area contributed by atoms with E-state index in [2.05, 4.69) is 6.92 Å². The number of ether oxygens (including phenoxy) is 2. The molecule has 2 aliphatic heterocycles. The molecule has 2 aliphatic rings. The largest absolute Gasteiger partial charge is 0.381 e. The monoisotopic (exact) mass is 199 g/mol. The van der Waals surface area contributed by atoms with E-state index in [9.17, 15) is 0 Å². The number of hydrogen-bond donors (Lipinski definition) is 1. The van der Waals surface area contributed by atoms with Gasteiger partial charge in [0.2, 0.25) is 0 Å². The molecule has 14 heavy (non-hydrogen) atoms. The molecule has 0 aromatic rings. The third-order valence-electron chi connectivity index (χ3n) is 4.01. The summed E-state index contributed by atoms with van der Waals surface area (Å²) in [4.78, 5) is 0. The van der Waals surface area contributed by atoms with Crippen molar-refractivity contribution in [1.29, 1.82) is 0 Å². The van der Waals surface area contributed by atoms with Crippen LogP contribution in [0, 0.1) is 11.8 Å². The minimum Gasteiger partial charge on any atom is -0.381 e. The first-order chi connectivity index (χ1) is 6.77. The van der Waals surface area contributed by atoms with Crippen LogP contribution in [0.5, 0.6) is 0 Å².